The lowest BCUT2D eigenvalue weighted by molar-refractivity contribution is 0.0626. The number of rotatable bonds is 5. The maximum absolute atomic E-state index is 5.83. The summed E-state index contributed by atoms with van der Waals surface area (Å²) in [6, 6.07) is 0. The summed E-state index contributed by atoms with van der Waals surface area (Å²) in [4.78, 5) is 2.32. The van der Waals surface area contributed by atoms with E-state index in [-0.39, 0.29) is 0 Å². The lowest BCUT2D eigenvalue weighted by Gasteiger charge is -2.23. The van der Waals surface area contributed by atoms with Gasteiger partial charge in [-0.1, -0.05) is 18.5 Å². The van der Waals surface area contributed by atoms with Crippen LogP contribution in [-0.4, -0.2) is 40.5 Å². The Labute approximate surface area is 101 Å². The second-order valence-electron chi connectivity index (χ2n) is 4.14. The van der Waals surface area contributed by atoms with Crippen molar-refractivity contribution in [3.05, 3.63) is 17.4 Å². The van der Waals surface area contributed by atoms with Gasteiger partial charge in [-0.15, -0.1) is 0 Å². The largest absolute Gasteiger partial charge is 0.377 e. The second-order valence-corrected chi connectivity index (χ2v) is 4.58. The number of hydrogen-bond donors (Lipinski definition) is 0. The van der Waals surface area contributed by atoms with Crippen molar-refractivity contribution in [1.82, 2.24) is 14.7 Å². The minimum Gasteiger partial charge on any atom is -0.377 e. The number of halogens is 1. The van der Waals surface area contributed by atoms with Crippen LogP contribution < -0.4 is 0 Å². The van der Waals surface area contributed by atoms with E-state index in [1.807, 2.05) is 10.9 Å². The van der Waals surface area contributed by atoms with Gasteiger partial charge < -0.3 is 4.74 Å². The molecule has 0 aromatic carbocycles. The van der Waals surface area contributed by atoms with Gasteiger partial charge in [-0.25, -0.2) is 0 Å². The lowest BCUT2D eigenvalue weighted by Crippen LogP contribution is -2.33. The van der Waals surface area contributed by atoms with Gasteiger partial charge in [-0.2, -0.15) is 5.10 Å². The lowest BCUT2D eigenvalue weighted by atomic mass is 10.2. The average molecular weight is 244 g/mol. The quantitative estimate of drug-likeness (QED) is 0.793. The summed E-state index contributed by atoms with van der Waals surface area (Å²) in [6.07, 6.45) is 6.28. The van der Waals surface area contributed by atoms with Crippen molar-refractivity contribution >= 4 is 11.6 Å². The topological polar surface area (TPSA) is 30.3 Å². The zero-order chi connectivity index (χ0) is 11.4. The predicted molar refractivity (Wildman–Crippen MR) is 63.5 cm³/mol. The number of aromatic nitrogens is 2. The van der Waals surface area contributed by atoms with Gasteiger partial charge in [0.25, 0.3) is 0 Å². The molecule has 16 heavy (non-hydrogen) atoms. The molecule has 0 N–H and O–H groups in total. The molecule has 2 heterocycles. The molecular weight excluding hydrogens is 226 g/mol. The fraction of sp³-hybridized carbons (Fsp3) is 0.727. The molecular formula is C11H18ClN3O. The molecule has 0 bridgehead atoms. The second kappa shape index (κ2) is 5.66. The molecule has 0 radical (unpaired) electrons. The molecule has 1 unspecified atom stereocenters. The van der Waals surface area contributed by atoms with Crippen molar-refractivity contribution in [3.63, 3.8) is 0 Å². The van der Waals surface area contributed by atoms with Crippen LogP contribution in [0.15, 0.2) is 12.4 Å². The van der Waals surface area contributed by atoms with Crippen LogP contribution in [0, 0.1) is 0 Å². The Kier molecular flexibility index (Phi) is 4.21. The Bertz CT molecular complexity index is 323. The van der Waals surface area contributed by atoms with Crippen LogP contribution in [0.25, 0.3) is 0 Å². The number of nitrogens with zero attached hydrogens (tertiary/aromatic N) is 3. The van der Waals surface area contributed by atoms with E-state index in [2.05, 4.69) is 16.9 Å². The van der Waals surface area contributed by atoms with Crippen LogP contribution in [0.4, 0.5) is 0 Å². The van der Waals surface area contributed by atoms with Crippen LogP contribution in [-0.2, 0) is 11.4 Å². The fourth-order valence-corrected chi connectivity index (χ4v) is 2.14. The summed E-state index contributed by atoms with van der Waals surface area (Å²) < 4.78 is 7.49. The Balaban J connectivity index is 1.84. The van der Waals surface area contributed by atoms with Gasteiger partial charge in [0.05, 0.1) is 24.0 Å². The van der Waals surface area contributed by atoms with Crippen LogP contribution in [0.5, 0.6) is 0 Å². The molecule has 0 spiro atoms. The van der Waals surface area contributed by atoms with Crippen LogP contribution >= 0.6 is 11.6 Å². The standard InChI is InChI=1S/C11H18ClN3O/c1-2-14(8-11-4-3-5-16-11)9-15-7-10(12)6-13-15/h6-7,11H,2-5,8-9H2,1H3. The van der Waals surface area contributed by atoms with E-state index < -0.39 is 0 Å². The molecule has 1 aromatic heterocycles. The summed E-state index contributed by atoms with van der Waals surface area (Å²) in [5.74, 6) is 0. The maximum Gasteiger partial charge on any atom is 0.0930 e. The van der Waals surface area contributed by atoms with E-state index in [1.165, 1.54) is 12.8 Å². The van der Waals surface area contributed by atoms with Gasteiger partial charge in [0.15, 0.2) is 0 Å². The summed E-state index contributed by atoms with van der Waals surface area (Å²) in [7, 11) is 0. The summed E-state index contributed by atoms with van der Waals surface area (Å²) in [5, 5.41) is 4.87. The van der Waals surface area contributed by atoms with Gasteiger partial charge >= 0.3 is 0 Å². The van der Waals surface area contributed by atoms with Gasteiger partial charge in [0, 0.05) is 19.3 Å². The number of ether oxygens (including phenoxy) is 1. The van der Waals surface area contributed by atoms with Crippen LogP contribution in [0.3, 0.4) is 0 Å². The van der Waals surface area contributed by atoms with Crippen molar-refractivity contribution in [2.75, 3.05) is 19.7 Å². The average Bonchev–Trinajstić information content (AvgIpc) is 2.89. The first kappa shape index (κ1) is 11.9. The van der Waals surface area contributed by atoms with Gasteiger partial charge in [0.1, 0.15) is 0 Å². The summed E-state index contributed by atoms with van der Waals surface area (Å²) in [5.41, 5.74) is 0. The highest BCUT2D eigenvalue weighted by Gasteiger charge is 2.18. The summed E-state index contributed by atoms with van der Waals surface area (Å²) in [6.45, 7) is 5.82. The SMILES string of the molecule is CCN(CC1CCCO1)Cn1cc(Cl)cn1. The monoisotopic (exact) mass is 243 g/mol. The zero-order valence-electron chi connectivity index (χ0n) is 9.60. The van der Waals surface area contributed by atoms with E-state index in [0.717, 1.165) is 26.4 Å². The summed E-state index contributed by atoms with van der Waals surface area (Å²) >= 11 is 5.83. The molecule has 2 rings (SSSR count). The third-order valence-corrected chi connectivity index (χ3v) is 3.07. The molecule has 1 aliphatic rings. The van der Waals surface area contributed by atoms with Crippen molar-refractivity contribution in [2.24, 2.45) is 0 Å². The van der Waals surface area contributed by atoms with Crippen molar-refractivity contribution in [2.45, 2.75) is 32.5 Å². The molecule has 1 atom stereocenters. The number of likely N-dealkylation sites (N-methyl/N-ethyl adjacent to an activating group) is 1. The fourth-order valence-electron chi connectivity index (χ4n) is 1.98. The normalized spacial score (nSPS) is 20.8. The highest BCUT2D eigenvalue weighted by molar-refractivity contribution is 6.30. The predicted octanol–water partition coefficient (Wildman–Crippen LogP) is 1.99. The Morgan fingerprint density at radius 1 is 1.69 bits per heavy atom. The molecule has 0 aliphatic carbocycles. The molecule has 0 saturated carbocycles. The van der Waals surface area contributed by atoms with Crippen LogP contribution in [0.1, 0.15) is 19.8 Å². The molecule has 0 amide bonds. The number of hydrogen-bond acceptors (Lipinski definition) is 3. The third kappa shape index (κ3) is 3.20. The molecule has 1 aliphatic heterocycles. The van der Waals surface area contributed by atoms with Gasteiger partial charge in [-0.05, 0) is 19.4 Å². The van der Waals surface area contributed by atoms with E-state index in [1.54, 1.807) is 6.20 Å². The first-order valence-corrected chi connectivity index (χ1v) is 6.17. The van der Waals surface area contributed by atoms with E-state index in [9.17, 15) is 0 Å². The minimum atomic E-state index is 0.394. The highest BCUT2D eigenvalue weighted by Crippen LogP contribution is 2.14. The van der Waals surface area contributed by atoms with Crippen molar-refractivity contribution in [3.8, 4) is 0 Å². The molecule has 90 valence electrons. The van der Waals surface area contributed by atoms with Crippen molar-refractivity contribution in [1.29, 1.82) is 0 Å². The molecule has 5 heteroatoms. The van der Waals surface area contributed by atoms with Crippen molar-refractivity contribution < 1.29 is 4.74 Å². The first-order valence-electron chi connectivity index (χ1n) is 5.80. The highest BCUT2D eigenvalue weighted by atomic mass is 35.5. The van der Waals surface area contributed by atoms with E-state index in [0.29, 0.717) is 11.1 Å². The molecule has 1 aromatic rings. The molecule has 4 nitrogen and oxygen atoms in total. The Morgan fingerprint density at radius 2 is 2.56 bits per heavy atom. The van der Waals surface area contributed by atoms with Gasteiger partial charge in [0.2, 0.25) is 0 Å². The van der Waals surface area contributed by atoms with Gasteiger partial charge in [-0.3, -0.25) is 9.58 Å². The first-order chi connectivity index (χ1) is 7.78. The van der Waals surface area contributed by atoms with E-state index >= 15 is 0 Å². The minimum absolute atomic E-state index is 0.394. The molecule has 1 fully saturated rings. The van der Waals surface area contributed by atoms with E-state index in [4.69, 9.17) is 16.3 Å². The Morgan fingerprint density at radius 3 is 3.12 bits per heavy atom. The molecule has 1 saturated heterocycles. The third-order valence-electron chi connectivity index (χ3n) is 2.88. The zero-order valence-corrected chi connectivity index (χ0v) is 10.4. The van der Waals surface area contributed by atoms with Crippen LogP contribution in [0.2, 0.25) is 5.02 Å². The Hall–Kier alpha value is -0.580. The maximum atomic E-state index is 5.83. The smallest absolute Gasteiger partial charge is 0.0930 e.